The number of rotatable bonds is 5. The summed E-state index contributed by atoms with van der Waals surface area (Å²) in [6.45, 7) is 2.11. The molecule has 0 spiro atoms. The summed E-state index contributed by atoms with van der Waals surface area (Å²) in [7, 11) is 0. The Kier molecular flexibility index (Phi) is 4.14. The average Bonchev–Trinajstić information content (AvgIpc) is 2.79. The molecule has 0 atom stereocenters. The van der Waals surface area contributed by atoms with Crippen molar-refractivity contribution in [1.29, 1.82) is 0 Å². The maximum absolute atomic E-state index is 4.67. The molecule has 0 aromatic carbocycles. The fraction of sp³-hybridized carbons (Fsp3) is 0.818. The van der Waals surface area contributed by atoms with Crippen LogP contribution in [0.4, 0.5) is 0 Å². The molecule has 1 aliphatic rings. The second kappa shape index (κ2) is 5.85. The zero-order valence-corrected chi connectivity index (χ0v) is 9.11. The molecule has 1 aromatic rings. The van der Waals surface area contributed by atoms with Gasteiger partial charge in [0.15, 0.2) is 5.82 Å². The molecule has 1 fully saturated rings. The Morgan fingerprint density at radius 2 is 2.20 bits per heavy atom. The van der Waals surface area contributed by atoms with E-state index in [1.165, 1.54) is 38.5 Å². The van der Waals surface area contributed by atoms with Crippen LogP contribution in [-0.4, -0.2) is 23.2 Å². The molecule has 0 saturated heterocycles. The second-order valence-electron chi connectivity index (χ2n) is 4.31. The van der Waals surface area contributed by atoms with Gasteiger partial charge in [-0.25, -0.2) is 0 Å². The third-order valence-corrected chi connectivity index (χ3v) is 3.09. The van der Waals surface area contributed by atoms with E-state index in [1.54, 1.807) is 0 Å². The SMILES string of the molecule is c1nc(CCNCC2CCCCC2)no1. The van der Waals surface area contributed by atoms with Crippen molar-refractivity contribution in [3.8, 4) is 0 Å². The fourth-order valence-corrected chi connectivity index (χ4v) is 2.20. The van der Waals surface area contributed by atoms with Crippen LogP contribution in [0.5, 0.6) is 0 Å². The molecule has 1 aliphatic carbocycles. The summed E-state index contributed by atoms with van der Waals surface area (Å²) in [6, 6.07) is 0. The lowest BCUT2D eigenvalue weighted by Gasteiger charge is -2.21. The van der Waals surface area contributed by atoms with E-state index in [2.05, 4.69) is 20.0 Å². The highest BCUT2D eigenvalue weighted by molar-refractivity contribution is 4.79. The highest BCUT2D eigenvalue weighted by Gasteiger charge is 2.12. The van der Waals surface area contributed by atoms with Gasteiger partial charge in [0.05, 0.1) is 0 Å². The molecule has 1 N–H and O–H groups in total. The van der Waals surface area contributed by atoms with Crippen LogP contribution in [0.15, 0.2) is 10.9 Å². The zero-order valence-electron chi connectivity index (χ0n) is 9.11. The van der Waals surface area contributed by atoms with Crippen molar-refractivity contribution in [1.82, 2.24) is 15.5 Å². The molecule has 15 heavy (non-hydrogen) atoms. The summed E-state index contributed by atoms with van der Waals surface area (Å²) in [5.41, 5.74) is 0. The van der Waals surface area contributed by atoms with Crippen molar-refractivity contribution in [2.45, 2.75) is 38.5 Å². The Balaban J connectivity index is 1.54. The largest absolute Gasteiger partial charge is 0.343 e. The number of aromatic nitrogens is 2. The summed E-state index contributed by atoms with van der Waals surface area (Å²) < 4.78 is 4.67. The Morgan fingerprint density at radius 3 is 2.93 bits per heavy atom. The van der Waals surface area contributed by atoms with E-state index in [0.717, 1.165) is 31.3 Å². The number of hydrogen-bond donors (Lipinski definition) is 1. The van der Waals surface area contributed by atoms with Crippen LogP contribution in [0.2, 0.25) is 0 Å². The predicted molar refractivity (Wildman–Crippen MR) is 57.4 cm³/mol. The van der Waals surface area contributed by atoms with Crippen molar-refractivity contribution in [3.05, 3.63) is 12.2 Å². The van der Waals surface area contributed by atoms with Gasteiger partial charge in [-0.15, -0.1) is 0 Å². The van der Waals surface area contributed by atoms with Crippen LogP contribution in [-0.2, 0) is 6.42 Å². The van der Waals surface area contributed by atoms with Crippen LogP contribution in [0.3, 0.4) is 0 Å². The van der Waals surface area contributed by atoms with Gasteiger partial charge in [0.25, 0.3) is 0 Å². The lowest BCUT2D eigenvalue weighted by Crippen LogP contribution is -2.26. The van der Waals surface area contributed by atoms with Crippen LogP contribution < -0.4 is 5.32 Å². The number of hydrogen-bond acceptors (Lipinski definition) is 4. The minimum atomic E-state index is 0.797. The van der Waals surface area contributed by atoms with Gasteiger partial charge in [0, 0.05) is 13.0 Å². The molecule has 1 saturated carbocycles. The maximum atomic E-state index is 4.67. The first kappa shape index (κ1) is 10.6. The molecule has 4 nitrogen and oxygen atoms in total. The predicted octanol–water partition coefficient (Wildman–Crippen LogP) is 1.78. The summed E-state index contributed by atoms with van der Waals surface area (Å²) in [5.74, 6) is 1.69. The molecule has 1 aromatic heterocycles. The molecule has 2 rings (SSSR count). The molecule has 84 valence electrons. The van der Waals surface area contributed by atoms with Crippen molar-refractivity contribution in [2.75, 3.05) is 13.1 Å². The van der Waals surface area contributed by atoms with Crippen molar-refractivity contribution in [2.24, 2.45) is 5.92 Å². The van der Waals surface area contributed by atoms with Crippen molar-refractivity contribution < 1.29 is 4.52 Å². The molecular weight excluding hydrogens is 190 g/mol. The standard InChI is InChI=1S/C11H19N3O/c1-2-4-10(5-3-1)8-12-7-6-11-13-9-15-14-11/h9-10,12H,1-8H2. The van der Waals surface area contributed by atoms with E-state index >= 15 is 0 Å². The van der Waals surface area contributed by atoms with E-state index < -0.39 is 0 Å². The molecule has 0 unspecified atom stereocenters. The summed E-state index contributed by atoms with van der Waals surface area (Å²) in [5, 5.41) is 7.25. The van der Waals surface area contributed by atoms with Gasteiger partial charge in [0.2, 0.25) is 6.39 Å². The zero-order chi connectivity index (χ0) is 10.3. The minimum Gasteiger partial charge on any atom is -0.343 e. The fourth-order valence-electron chi connectivity index (χ4n) is 2.20. The van der Waals surface area contributed by atoms with Crippen LogP contribution in [0.25, 0.3) is 0 Å². The van der Waals surface area contributed by atoms with E-state index in [0.29, 0.717) is 0 Å². The molecule has 4 heteroatoms. The average molecular weight is 209 g/mol. The van der Waals surface area contributed by atoms with Gasteiger partial charge in [-0.2, -0.15) is 4.98 Å². The monoisotopic (exact) mass is 209 g/mol. The molecule has 0 bridgehead atoms. The quantitative estimate of drug-likeness (QED) is 0.751. The van der Waals surface area contributed by atoms with E-state index in [9.17, 15) is 0 Å². The van der Waals surface area contributed by atoms with E-state index in [1.807, 2.05) is 0 Å². The van der Waals surface area contributed by atoms with Gasteiger partial charge >= 0.3 is 0 Å². The van der Waals surface area contributed by atoms with Crippen LogP contribution in [0, 0.1) is 5.92 Å². The third kappa shape index (κ3) is 3.63. The lowest BCUT2D eigenvalue weighted by atomic mass is 9.89. The van der Waals surface area contributed by atoms with Gasteiger partial charge in [-0.05, 0) is 25.3 Å². The maximum Gasteiger partial charge on any atom is 0.213 e. The normalized spacial score (nSPS) is 18.1. The van der Waals surface area contributed by atoms with Gasteiger partial charge < -0.3 is 9.84 Å². The minimum absolute atomic E-state index is 0.797. The van der Waals surface area contributed by atoms with Gasteiger partial charge in [0.1, 0.15) is 0 Å². The highest BCUT2D eigenvalue weighted by Crippen LogP contribution is 2.22. The van der Waals surface area contributed by atoms with Gasteiger partial charge in [-0.3, -0.25) is 0 Å². The molecule has 1 heterocycles. The first-order valence-electron chi connectivity index (χ1n) is 5.91. The first-order chi connectivity index (χ1) is 7.45. The van der Waals surface area contributed by atoms with E-state index in [-0.39, 0.29) is 0 Å². The number of nitrogens with one attached hydrogen (secondary N) is 1. The Bertz CT molecular complexity index is 255. The summed E-state index contributed by atoms with van der Waals surface area (Å²) in [6.07, 6.45) is 9.30. The highest BCUT2D eigenvalue weighted by atomic mass is 16.5. The van der Waals surface area contributed by atoms with Crippen molar-refractivity contribution in [3.63, 3.8) is 0 Å². The molecule has 0 aliphatic heterocycles. The van der Waals surface area contributed by atoms with Crippen LogP contribution >= 0.6 is 0 Å². The second-order valence-corrected chi connectivity index (χ2v) is 4.31. The van der Waals surface area contributed by atoms with Crippen LogP contribution in [0.1, 0.15) is 37.9 Å². The molecular formula is C11H19N3O. The summed E-state index contributed by atoms with van der Waals surface area (Å²) in [4.78, 5) is 3.98. The Morgan fingerprint density at radius 1 is 1.33 bits per heavy atom. The third-order valence-electron chi connectivity index (χ3n) is 3.09. The Hall–Kier alpha value is -0.900. The van der Waals surface area contributed by atoms with E-state index in [4.69, 9.17) is 0 Å². The topological polar surface area (TPSA) is 51.0 Å². The first-order valence-corrected chi connectivity index (χ1v) is 5.91. The smallest absolute Gasteiger partial charge is 0.213 e. The van der Waals surface area contributed by atoms with Gasteiger partial charge in [-0.1, -0.05) is 24.4 Å². The molecule has 0 amide bonds. The molecule has 0 radical (unpaired) electrons. The summed E-state index contributed by atoms with van der Waals surface area (Å²) >= 11 is 0. The Labute approximate surface area is 90.4 Å². The van der Waals surface area contributed by atoms with Crippen molar-refractivity contribution >= 4 is 0 Å². The lowest BCUT2D eigenvalue weighted by molar-refractivity contribution is 0.342. The number of nitrogens with zero attached hydrogens (tertiary/aromatic N) is 2.